The van der Waals surface area contributed by atoms with Gasteiger partial charge in [0.05, 0.1) is 6.61 Å². The van der Waals surface area contributed by atoms with E-state index in [4.69, 9.17) is 4.74 Å². The molecular formula is C13H25NO2. The molecule has 0 bridgehead atoms. The van der Waals surface area contributed by atoms with Crippen LogP contribution in [0.4, 0.5) is 0 Å². The van der Waals surface area contributed by atoms with E-state index in [9.17, 15) is 4.79 Å². The summed E-state index contributed by atoms with van der Waals surface area (Å²) in [5.41, 5.74) is 0. The molecule has 3 nitrogen and oxygen atoms in total. The zero-order chi connectivity index (χ0) is 12.0. The minimum atomic E-state index is -0.0425. The summed E-state index contributed by atoms with van der Waals surface area (Å²) >= 11 is 0. The van der Waals surface area contributed by atoms with Crippen LogP contribution in [0, 0.1) is 5.92 Å². The van der Waals surface area contributed by atoms with Crippen molar-refractivity contribution in [3.8, 4) is 0 Å². The molecule has 1 rings (SSSR count). The number of carbonyl (C=O) groups excluding carboxylic acids is 1. The number of carbonyl (C=O) groups is 1. The van der Waals surface area contributed by atoms with Crippen LogP contribution in [-0.4, -0.2) is 36.6 Å². The maximum atomic E-state index is 11.8. The van der Waals surface area contributed by atoms with E-state index in [2.05, 4.69) is 18.7 Å². The smallest absolute Gasteiger partial charge is 0.323 e. The van der Waals surface area contributed by atoms with Gasteiger partial charge in [0, 0.05) is 6.54 Å². The average Bonchev–Trinajstić information content (AvgIpc) is 3.03. The summed E-state index contributed by atoms with van der Waals surface area (Å²) < 4.78 is 5.14. The predicted molar refractivity (Wildman–Crippen MR) is 65.3 cm³/mol. The molecule has 0 aromatic heterocycles. The quantitative estimate of drug-likeness (QED) is 0.597. The molecule has 1 saturated carbocycles. The van der Waals surface area contributed by atoms with Gasteiger partial charge in [-0.1, -0.05) is 13.8 Å². The van der Waals surface area contributed by atoms with Crippen LogP contribution in [0.25, 0.3) is 0 Å². The maximum Gasteiger partial charge on any atom is 0.323 e. The molecule has 0 aromatic carbocycles. The third kappa shape index (κ3) is 4.12. The number of esters is 1. The lowest BCUT2D eigenvalue weighted by Crippen LogP contribution is -2.43. The zero-order valence-electron chi connectivity index (χ0n) is 10.9. The Hall–Kier alpha value is -0.570. The Morgan fingerprint density at radius 2 is 2.06 bits per heavy atom. The fourth-order valence-electron chi connectivity index (χ4n) is 2.11. The molecule has 0 aromatic rings. The minimum Gasteiger partial charge on any atom is -0.465 e. The fraction of sp³-hybridized carbons (Fsp3) is 0.923. The number of rotatable bonds is 8. The fourth-order valence-corrected chi connectivity index (χ4v) is 2.11. The number of hydrogen-bond acceptors (Lipinski definition) is 3. The Labute approximate surface area is 99.1 Å². The Balaban J connectivity index is 2.51. The molecule has 1 atom stereocenters. The van der Waals surface area contributed by atoms with Gasteiger partial charge in [-0.3, -0.25) is 9.69 Å². The minimum absolute atomic E-state index is 0.0273. The standard InChI is InChI=1S/C13H25NO2/c1-4-9-14(10-11-7-8-11)12(5-2)13(15)16-6-3/h11-12H,4-10H2,1-3H3. The van der Waals surface area contributed by atoms with E-state index in [1.54, 1.807) is 0 Å². The van der Waals surface area contributed by atoms with Gasteiger partial charge in [-0.2, -0.15) is 0 Å². The van der Waals surface area contributed by atoms with Gasteiger partial charge in [-0.15, -0.1) is 0 Å². The molecule has 94 valence electrons. The molecule has 1 aliphatic rings. The largest absolute Gasteiger partial charge is 0.465 e. The molecule has 0 spiro atoms. The van der Waals surface area contributed by atoms with Crippen LogP contribution in [-0.2, 0) is 9.53 Å². The Morgan fingerprint density at radius 1 is 1.38 bits per heavy atom. The lowest BCUT2D eigenvalue weighted by atomic mass is 10.1. The van der Waals surface area contributed by atoms with Crippen molar-refractivity contribution in [3.63, 3.8) is 0 Å². The van der Waals surface area contributed by atoms with Crippen LogP contribution < -0.4 is 0 Å². The van der Waals surface area contributed by atoms with E-state index in [-0.39, 0.29) is 12.0 Å². The van der Waals surface area contributed by atoms with Crippen molar-refractivity contribution in [2.24, 2.45) is 5.92 Å². The molecule has 0 amide bonds. The SMILES string of the molecule is CCCN(CC1CC1)C(CC)C(=O)OCC. The van der Waals surface area contributed by atoms with Crippen molar-refractivity contribution < 1.29 is 9.53 Å². The first-order chi connectivity index (χ1) is 7.72. The molecule has 16 heavy (non-hydrogen) atoms. The van der Waals surface area contributed by atoms with Gasteiger partial charge in [0.1, 0.15) is 6.04 Å². The van der Waals surface area contributed by atoms with E-state index in [1.807, 2.05) is 6.92 Å². The average molecular weight is 227 g/mol. The first-order valence-corrected chi connectivity index (χ1v) is 6.63. The normalized spacial score (nSPS) is 17.5. The Bertz CT molecular complexity index is 214. The lowest BCUT2D eigenvalue weighted by Gasteiger charge is -2.29. The summed E-state index contributed by atoms with van der Waals surface area (Å²) in [6.07, 6.45) is 4.62. The van der Waals surface area contributed by atoms with Crippen molar-refractivity contribution in [3.05, 3.63) is 0 Å². The second kappa shape index (κ2) is 6.89. The van der Waals surface area contributed by atoms with E-state index >= 15 is 0 Å². The highest BCUT2D eigenvalue weighted by atomic mass is 16.5. The summed E-state index contributed by atoms with van der Waals surface area (Å²) in [6, 6.07) is -0.0273. The maximum absolute atomic E-state index is 11.8. The molecule has 0 saturated heterocycles. The monoisotopic (exact) mass is 227 g/mol. The number of hydrogen-bond donors (Lipinski definition) is 0. The van der Waals surface area contributed by atoms with Gasteiger partial charge >= 0.3 is 5.97 Å². The van der Waals surface area contributed by atoms with Gasteiger partial charge in [0.2, 0.25) is 0 Å². The van der Waals surface area contributed by atoms with Gasteiger partial charge in [0.25, 0.3) is 0 Å². The van der Waals surface area contributed by atoms with Crippen molar-refractivity contribution >= 4 is 5.97 Å². The molecule has 0 heterocycles. The third-order valence-electron chi connectivity index (χ3n) is 3.09. The van der Waals surface area contributed by atoms with E-state index in [0.717, 1.165) is 31.8 Å². The van der Waals surface area contributed by atoms with Crippen LogP contribution in [0.2, 0.25) is 0 Å². The molecule has 1 aliphatic carbocycles. The molecular weight excluding hydrogens is 202 g/mol. The second-order valence-electron chi connectivity index (χ2n) is 4.61. The summed E-state index contributed by atoms with van der Waals surface area (Å²) in [7, 11) is 0. The zero-order valence-corrected chi connectivity index (χ0v) is 10.9. The van der Waals surface area contributed by atoms with Crippen molar-refractivity contribution in [2.75, 3.05) is 19.7 Å². The summed E-state index contributed by atoms with van der Waals surface area (Å²) in [4.78, 5) is 14.1. The van der Waals surface area contributed by atoms with Crippen LogP contribution in [0.15, 0.2) is 0 Å². The Kier molecular flexibility index (Phi) is 5.81. The molecule has 1 unspecified atom stereocenters. The van der Waals surface area contributed by atoms with Gasteiger partial charge < -0.3 is 4.74 Å². The predicted octanol–water partition coefficient (Wildman–Crippen LogP) is 2.45. The first kappa shape index (κ1) is 13.5. The van der Waals surface area contributed by atoms with E-state index < -0.39 is 0 Å². The molecule has 0 aliphatic heterocycles. The first-order valence-electron chi connectivity index (χ1n) is 6.63. The van der Waals surface area contributed by atoms with Crippen molar-refractivity contribution in [2.45, 2.75) is 52.5 Å². The van der Waals surface area contributed by atoms with Crippen LogP contribution in [0.5, 0.6) is 0 Å². The summed E-state index contributed by atoms with van der Waals surface area (Å²) in [5, 5.41) is 0. The topological polar surface area (TPSA) is 29.5 Å². The Morgan fingerprint density at radius 3 is 2.50 bits per heavy atom. The molecule has 0 radical (unpaired) electrons. The van der Waals surface area contributed by atoms with Crippen LogP contribution in [0.1, 0.15) is 46.5 Å². The highest BCUT2D eigenvalue weighted by molar-refractivity contribution is 5.75. The molecule has 1 fully saturated rings. The number of nitrogens with zero attached hydrogens (tertiary/aromatic N) is 1. The highest BCUT2D eigenvalue weighted by Crippen LogP contribution is 2.30. The van der Waals surface area contributed by atoms with Crippen molar-refractivity contribution in [1.82, 2.24) is 4.90 Å². The van der Waals surface area contributed by atoms with Gasteiger partial charge in [-0.25, -0.2) is 0 Å². The summed E-state index contributed by atoms with van der Waals surface area (Å²) in [5.74, 6) is 0.786. The number of ether oxygens (including phenoxy) is 1. The van der Waals surface area contributed by atoms with E-state index in [0.29, 0.717) is 6.61 Å². The van der Waals surface area contributed by atoms with Crippen LogP contribution >= 0.6 is 0 Å². The van der Waals surface area contributed by atoms with Gasteiger partial charge in [-0.05, 0) is 45.1 Å². The van der Waals surface area contributed by atoms with Gasteiger partial charge in [0.15, 0.2) is 0 Å². The molecule has 3 heteroatoms. The second-order valence-corrected chi connectivity index (χ2v) is 4.61. The third-order valence-corrected chi connectivity index (χ3v) is 3.09. The highest BCUT2D eigenvalue weighted by Gasteiger charge is 2.30. The van der Waals surface area contributed by atoms with E-state index in [1.165, 1.54) is 12.8 Å². The lowest BCUT2D eigenvalue weighted by molar-refractivity contribution is -0.149. The van der Waals surface area contributed by atoms with Crippen molar-refractivity contribution in [1.29, 1.82) is 0 Å². The summed E-state index contributed by atoms with van der Waals surface area (Å²) in [6.45, 7) is 8.67. The molecule has 0 N–H and O–H groups in total. The van der Waals surface area contributed by atoms with Crippen LogP contribution in [0.3, 0.4) is 0 Å².